The lowest BCUT2D eigenvalue weighted by Crippen LogP contribution is -2.39. The third-order valence-corrected chi connectivity index (χ3v) is 14.1. The van der Waals surface area contributed by atoms with E-state index in [0.717, 1.165) is 79.0 Å². The zero-order valence-corrected chi connectivity index (χ0v) is 37.9. The maximum absolute atomic E-state index is 13.7. The Morgan fingerprint density at radius 2 is 1.65 bits per heavy atom. The predicted octanol–water partition coefficient (Wildman–Crippen LogP) is 7.85. The van der Waals surface area contributed by atoms with Crippen molar-refractivity contribution >= 4 is 56.2 Å². The van der Waals surface area contributed by atoms with Gasteiger partial charge in [-0.2, -0.15) is 0 Å². The van der Waals surface area contributed by atoms with Crippen molar-refractivity contribution in [3.63, 3.8) is 0 Å². The molecule has 0 radical (unpaired) electrons. The monoisotopic (exact) mass is 903 g/mol. The number of ether oxygens (including phenoxy) is 1. The van der Waals surface area contributed by atoms with Crippen LogP contribution in [0.3, 0.4) is 0 Å². The molecule has 1 aliphatic carbocycles. The molecule has 4 aromatic carbocycles. The molecule has 1 aliphatic heterocycles. The minimum absolute atomic E-state index is 0.0325. The van der Waals surface area contributed by atoms with Crippen LogP contribution in [0, 0.1) is 0 Å². The second-order valence-electron chi connectivity index (χ2n) is 16.0. The highest BCUT2D eigenvalue weighted by atomic mass is 35.5. The van der Waals surface area contributed by atoms with Gasteiger partial charge in [0.25, 0.3) is 15.9 Å². The Labute approximate surface area is 377 Å². The number of thioether (sulfide) groups is 1. The standard InChI is InChI=1S/C48H62ClN5O6S2/c49-40-17-13-36(14-18-40)46-12-6-1-3-8-38(46)34-50-24-25-51-41-19-15-37(16-20-41)48(57)53-62(58,59)45-21-22-47(39(33-45)32-43(56)9-7-29-55)52-42(23-26-54-27-30-60-31-28-54)35-61-44-10-4-2-5-11-44/h2,4-5,10-11,13-22,33,42-43,50-52,55-56H,1,3,6-9,12,23-32,34-35H2,(H,53,57)/t42-,43?/m1/s1. The molecular formula is C48H62ClN5O6S2. The summed E-state index contributed by atoms with van der Waals surface area (Å²) in [5.41, 5.74) is 6.49. The molecule has 11 nitrogen and oxygen atoms in total. The number of aliphatic hydroxyl groups is 2. The number of hydrogen-bond donors (Lipinski definition) is 6. The number of morpholine rings is 1. The molecule has 6 N–H and O–H groups in total. The average molecular weight is 905 g/mol. The molecule has 334 valence electrons. The van der Waals surface area contributed by atoms with Gasteiger partial charge in [0.05, 0.1) is 24.2 Å². The van der Waals surface area contributed by atoms with Crippen molar-refractivity contribution in [2.45, 2.75) is 79.7 Å². The van der Waals surface area contributed by atoms with E-state index in [1.165, 1.54) is 48.1 Å². The van der Waals surface area contributed by atoms with Gasteiger partial charge in [0.2, 0.25) is 0 Å². The number of hydrogen-bond acceptors (Lipinski definition) is 11. The van der Waals surface area contributed by atoms with Gasteiger partial charge in [0.15, 0.2) is 0 Å². The molecule has 1 unspecified atom stereocenters. The minimum atomic E-state index is -4.27. The average Bonchev–Trinajstić information content (AvgIpc) is 3.53. The van der Waals surface area contributed by atoms with Crippen LogP contribution < -0.4 is 20.7 Å². The molecule has 1 fully saturated rings. The lowest BCUT2D eigenvalue weighted by atomic mass is 9.96. The van der Waals surface area contributed by atoms with Crippen LogP contribution in [-0.4, -0.2) is 106 Å². The summed E-state index contributed by atoms with van der Waals surface area (Å²) in [4.78, 5) is 16.8. The lowest BCUT2D eigenvalue weighted by molar-refractivity contribution is 0.0370. The summed E-state index contributed by atoms with van der Waals surface area (Å²) in [5, 5.41) is 31.7. The SMILES string of the molecule is O=C(NS(=O)(=O)c1ccc(N[C@H](CCN2CCOCC2)CSc2ccccc2)c(CC(O)CCCO)c1)c1ccc(NCCNCC2=C(c3ccc(Cl)cc3)CCCCC2)cc1. The topological polar surface area (TPSA) is 152 Å². The Bertz CT molecular complexity index is 2140. The Morgan fingerprint density at radius 3 is 2.40 bits per heavy atom. The molecule has 2 aliphatic rings. The van der Waals surface area contributed by atoms with E-state index in [2.05, 4.69) is 49.8 Å². The summed E-state index contributed by atoms with van der Waals surface area (Å²) in [6.07, 6.45) is 6.79. The van der Waals surface area contributed by atoms with Gasteiger partial charge in [0.1, 0.15) is 0 Å². The number of anilines is 2. The van der Waals surface area contributed by atoms with E-state index < -0.39 is 22.0 Å². The second-order valence-corrected chi connectivity index (χ2v) is 19.2. The van der Waals surface area contributed by atoms with E-state index in [0.29, 0.717) is 38.2 Å². The highest BCUT2D eigenvalue weighted by molar-refractivity contribution is 7.99. The molecule has 0 saturated carbocycles. The third-order valence-electron chi connectivity index (χ3n) is 11.4. The van der Waals surface area contributed by atoms with E-state index in [1.807, 2.05) is 30.3 Å². The van der Waals surface area contributed by atoms with Crippen LogP contribution >= 0.6 is 23.4 Å². The van der Waals surface area contributed by atoms with Crippen molar-refractivity contribution in [2.24, 2.45) is 0 Å². The number of nitrogens with zero attached hydrogens (tertiary/aromatic N) is 1. The molecule has 0 spiro atoms. The number of carbonyl (C=O) groups excluding carboxylic acids is 1. The number of aliphatic hydroxyl groups excluding tert-OH is 2. The Morgan fingerprint density at radius 1 is 0.887 bits per heavy atom. The van der Waals surface area contributed by atoms with Crippen LogP contribution in [0.4, 0.5) is 11.4 Å². The normalized spacial score (nSPS) is 16.0. The van der Waals surface area contributed by atoms with Gasteiger partial charge in [-0.25, -0.2) is 13.1 Å². The van der Waals surface area contributed by atoms with Gasteiger partial charge < -0.3 is 30.9 Å². The molecular weight excluding hydrogens is 842 g/mol. The zero-order chi connectivity index (χ0) is 43.6. The number of halogens is 1. The summed E-state index contributed by atoms with van der Waals surface area (Å²) in [7, 11) is -4.27. The number of allylic oxidation sites excluding steroid dienone is 1. The first-order valence-corrected chi connectivity index (χ1v) is 24.8. The predicted molar refractivity (Wildman–Crippen MR) is 253 cm³/mol. The first-order valence-electron chi connectivity index (χ1n) is 21.9. The van der Waals surface area contributed by atoms with Crippen molar-refractivity contribution < 1.29 is 28.2 Å². The van der Waals surface area contributed by atoms with E-state index >= 15 is 0 Å². The van der Waals surface area contributed by atoms with E-state index in [4.69, 9.17) is 16.3 Å². The van der Waals surface area contributed by atoms with Gasteiger partial charge in [-0.3, -0.25) is 9.69 Å². The summed E-state index contributed by atoms with van der Waals surface area (Å²) >= 11 is 7.90. The summed E-state index contributed by atoms with van der Waals surface area (Å²) in [6.45, 7) is 6.25. The first-order chi connectivity index (χ1) is 30.2. The molecule has 14 heteroatoms. The van der Waals surface area contributed by atoms with Gasteiger partial charge in [-0.1, -0.05) is 53.9 Å². The van der Waals surface area contributed by atoms with Crippen LogP contribution in [0.2, 0.25) is 5.02 Å². The van der Waals surface area contributed by atoms with Crippen LogP contribution in [0.5, 0.6) is 0 Å². The van der Waals surface area contributed by atoms with Crippen molar-refractivity contribution in [3.05, 3.63) is 124 Å². The van der Waals surface area contributed by atoms with Gasteiger partial charge in [0, 0.05) is 90.9 Å². The maximum Gasteiger partial charge on any atom is 0.264 e. The Hall–Kier alpha value is -3.92. The smallest absolute Gasteiger partial charge is 0.264 e. The minimum Gasteiger partial charge on any atom is -0.396 e. The van der Waals surface area contributed by atoms with Crippen LogP contribution in [0.25, 0.3) is 5.57 Å². The molecule has 4 aromatic rings. The fraction of sp³-hybridized carbons (Fsp3) is 0.438. The highest BCUT2D eigenvalue weighted by Gasteiger charge is 2.23. The Kier molecular flexibility index (Phi) is 19.0. The Balaban J connectivity index is 1.06. The largest absolute Gasteiger partial charge is 0.396 e. The van der Waals surface area contributed by atoms with Crippen molar-refractivity contribution in [3.8, 4) is 0 Å². The number of rotatable bonds is 23. The first kappa shape index (κ1) is 47.6. The van der Waals surface area contributed by atoms with Gasteiger partial charge >= 0.3 is 0 Å². The molecule has 1 saturated heterocycles. The zero-order valence-electron chi connectivity index (χ0n) is 35.5. The molecule has 62 heavy (non-hydrogen) atoms. The molecule has 2 atom stereocenters. The summed E-state index contributed by atoms with van der Waals surface area (Å²) in [6, 6.07) is 29.9. The molecule has 0 bridgehead atoms. The van der Waals surface area contributed by atoms with Crippen molar-refractivity contribution in [2.75, 3.05) is 75.5 Å². The van der Waals surface area contributed by atoms with Crippen molar-refractivity contribution in [1.29, 1.82) is 0 Å². The second kappa shape index (κ2) is 24.8. The van der Waals surface area contributed by atoms with Gasteiger partial charge in [-0.15, -0.1) is 11.8 Å². The molecule has 1 amide bonds. The third kappa shape index (κ3) is 15.1. The fourth-order valence-electron chi connectivity index (χ4n) is 7.88. The number of sulfonamides is 1. The maximum atomic E-state index is 13.7. The summed E-state index contributed by atoms with van der Waals surface area (Å²) in [5.74, 6) is 0.0342. The molecule has 1 heterocycles. The van der Waals surface area contributed by atoms with Crippen molar-refractivity contribution in [1.82, 2.24) is 14.9 Å². The van der Waals surface area contributed by atoms with Gasteiger partial charge in [-0.05, 0) is 128 Å². The summed E-state index contributed by atoms with van der Waals surface area (Å²) < 4.78 is 35.2. The van der Waals surface area contributed by atoms with Crippen LogP contribution in [0.1, 0.15) is 72.9 Å². The number of benzene rings is 4. The highest BCUT2D eigenvalue weighted by Crippen LogP contribution is 2.32. The number of nitrogens with one attached hydrogen (secondary N) is 4. The molecule has 0 aromatic heterocycles. The number of carbonyl (C=O) groups is 1. The number of amides is 1. The van der Waals surface area contributed by atoms with E-state index in [1.54, 1.807) is 42.1 Å². The lowest BCUT2D eigenvalue weighted by Gasteiger charge is -2.29. The van der Waals surface area contributed by atoms with Crippen LogP contribution in [0.15, 0.2) is 112 Å². The fourth-order valence-corrected chi connectivity index (χ4v) is 10.0. The van der Waals surface area contributed by atoms with E-state index in [-0.39, 0.29) is 29.5 Å². The van der Waals surface area contributed by atoms with Crippen LogP contribution in [-0.2, 0) is 21.2 Å². The van der Waals surface area contributed by atoms with E-state index in [9.17, 15) is 23.4 Å². The molecule has 6 rings (SSSR count). The quantitative estimate of drug-likeness (QED) is 0.0319.